The molecule has 0 unspecified atom stereocenters. The molecule has 1 saturated carbocycles. The highest BCUT2D eigenvalue weighted by Gasteiger charge is 2.32. The van der Waals surface area contributed by atoms with Crippen LogP contribution in [-0.2, 0) is 5.54 Å². The Kier molecular flexibility index (Phi) is 3.65. The summed E-state index contributed by atoms with van der Waals surface area (Å²) in [6.07, 6.45) is 5.93. The molecule has 1 aromatic carbocycles. The largest absolute Gasteiger partial charge is 0.319 e. The summed E-state index contributed by atoms with van der Waals surface area (Å²) in [6.45, 7) is 4.29. The molecule has 0 saturated heterocycles. The lowest BCUT2D eigenvalue weighted by molar-refractivity contribution is 0.301. The molecule has 0 bridgehead atoms. The van der Waals surface area contributed by atoms with E-state index in [0.29, 0.717) is 0 Å². The van der Waals surface area contributed by atoms with E-state index in [-0.39, 0.29) is 5.54 Å². The number of aromatic nitrogens is 1. The molecule has 1 aliphatic rings. The third kappa shape index (κ3) is 2.52. The van der Waals surface area contributed by atoms with Crippen LogP contribution in [0.1, 0.15) is 48.2 Å². The van der Waals surface area contributed by atoms with Gasteiger partial charge in [-0.15, -0.1) is 11.3 Å². The highest BCUT2D eigenvalue weighted by atomic mass is 32.1. The van der Waals surface area contributed by atoms with Crippen molar-refractivity contribution in [3.8, 4) is 11.3 Å². The molecule has 106 valence electrons. The second kappa shape index (κ2) is 5.30. The van der Waals surface area contributed by atoms with Gasteiger partial charge in [0.15, 0.2) is 0 Å². The van der Waals surface area contributed by atoms with Crippen LogP contribution in [0.25, 0.3) is 11.3 Å². The average Bonchev–Trinajstić information content (AvgIpc) is 2.93. The van der Waals surface area contributed by atoms with Crippen LogP contribution in [0.4, 0.5) is 0 Å². The van der Waals surface area contributed by atoms with E-state index in [9.17, 15) is 0 Å². The first kappa shape index (κ1) is 13.8. The molecule has 1 heterocycles. The molecule has 0 spiro atoms. The van der Waals surface area contributed by atoms with Gasteiger partial charge in [0, 0.05) is 10.9 Å². The van der Waals surface area contributed by atoms with Crippen LogP contribution in [0.5, 0.6) is 0 Å². The van der Waals surface area contributed by atoms with Crippen LogP contribution in [0.15, 0.2) is 23.6 Å². The standard InChI is InChI=1S/C17H22N2S/c1-12-6-7-14(10-13(12)2)15-11-20-16(19-15)17(18)8-4-3-5-9-17/h6-7,10-11H,3-5,8-9,18H2,1-2H3. The van der Waals surface area contributed by atoms with E-state index in [1.165, 1.54) is 36.0 Å². The second-order valence-corrected chi connectivity index (χ2v) is 6.91. The van der Waals surface area contributed by atoms with Crippen molar-refractivity contribution in [2.75, 3.05) is 0 Å². The van der Waals surface area contributed by atoms with Crippen molar-refractivity contribution < 1.29 is 0 Å². The summed E-state index contributed by atoms with van der Waals surface area (Å²) in [5.74, 6) is 0. The number of nitrogens with zero attached hydrogens (tertiary/aromatic N) is 1. The van der Waals surface area contributed by atoms with Gasteiger partial charge in [-0.25, -0.2) is 4.98 Å². The smallest absolute Gasteiger partial charge is 0.113 e. The number of benzene rings is 1. The molecular weight excluding hydrogens is 264 g/mol. The molecule has 3 heteroatoms. The third-order valence-corrected chi connectivity index (χ3v) is 5.54. The molecule has 1 aromatic heterocycles. The highest BCUT2D eigenvalue weighted by molar-refractivity contribution is 7.10. The summed E-state index contributed by atoms with van der Waals surface area (Å²) in [6, 6.07) is 6.55. The van der Waals surface area contributed by atoms with Gasteiger partial charge in [0.1, 0.15) is 5.01 Å². The summed E-state index contributed by atoms with van der Waals surface area (Å²) < 4.78 is 0. The topological polar surface area (TPSA) is 38.9 Å². The summed E-state index contributed by atoms with van der Waals surface area (Å²) >= 11 is 1.72. The number of rotatable bonds is 2. The van der Waals surface area contributed by atoms with Crippen molar-refractivity contribution in [3.05, 3.63) is 39.7 Å². The molecule has 1 aliphatic carbocycles. The summed E-state index contributed by atoms with van der Waals surface area (Å²) in [4.78, 5) is 4.84. The summed E-state index contributed by atoms with van der Waals surface area (Å²) in [5, 5.41) is 3.27. The van der Waals surface area contributed by atoms with E-state index < -0.39 is 0 Å². The maximum Gasteiger partial charge on any atom is 0.113 e. The van der Waals surface area contributed by atoms with Crippen LogP contribution >= 0.6 is 11.3 Å². The van der Waals surface area contributed by atoms with Crippen molar-refractivity contribution in [2.24, 2.45) is 5.73 Å². The van der Waals surface area contributed by atoms with E-state index in [1.54, 1.807) is 11.3 Å². The van der Waals surface area contributed by atoms with Gasteiger partial charge in [-0.1, -0.05) is 31.4 Å². The van der Waals surface area contributed by atoms with Crippen molar-refractivity contribution in [1.82, 2.24) is 4.98 Å². The Hall–Kier alpha value is -1.19. The first-order chi connectivity index (χ1) is 9.58. The summed E-state index contributed by atoms with van der Waals surface area (Å²) in [5.41, 5.74) is 11.3. The molecule has 2 N–H and O–H groups in total. The van der Waals surface area contributed by atoms with Crippen molar-refractivity contribution in [1.29, 1.82) is 0 Å². The Morgan fingerprint density at radius 3 is 2.55 bits per heavy atom. The third-order valence-electron chi connectivity index (χ3n) is 4.48. The van der Waals surface area contributed by atoms with E-state index in [2.05, 4.69) is 37.4 Å². The van der Waals surface area contributed by atoms with Crippen LogP contribution < -0.4 is 5.73 Å². The molecule has 2 nitrogen and oxygen atoms in total. The van der Waals surface area contributed by atoms with E-state index >= 15 is 0 Å². The minimum Gasteiger partial charge on any atom is -0.319 e. The van der Waals surface area contributed by atoms with Crippen molar-refractivity contribution in [3.63, 3.8) is 0 Å². The van der Waals surface area contributed by atoms with Crippen LogP contribution in [0, 0.1) is 13.8 Å². The minimum absolute atomic E-state index is 0.180. The lowest BCUT2D eigenvalue weighted by atomic mass is 9.83. The maximum absolute atomic E-state index is 6.57. The normalized spacial score (nSPS) is 18.1. The quantitative estimate of drug-likeness (QED) is 0.880. The first-order valence-electron chi connectivity index (χ1n) is 7.41. The highest BCUT2D eigenvalue weighted by Crippen LogP contribution is 2.37. The first-order valence-corrected chi connectivity index (χ1v) is 8.29. The van der Waals surface area contributed by atoms with E-state index in [1.807, 2.05) is 0 Å². The van der Waals surface area contributed by atoms with Crippen molar-refractivity contribution in [2.45, 2.75) is 51.5 Å². The Labute approximate surface area is 125 Å². The fraction of sp³-hybridized carbons (Fsp3) is 0.471. The van der Waals surface area contributed by atoms with Crippen LogP contribution in [0.3, 0.4) is 0 Å². The molecule has 2 aromatic rings. The van der Waals surface area contributed by atoms with Gasteiger partial charge in [-0.2, -0.15) is 0 Å². The lowest BCUT2D eigenvalue weighted by Crippen LogP contribution is -2.38. The van der Waals surface area contributed by atoms with Gasteiger partial charge in [-0.3, -0.25) is 0 Å². The molecule has 0 radical (unpaired) electrons. The molecule has 1 fully saturated rings. The maximum atomic E-state index is 6.57. The SMILES string of the molecule is Cc1ccc(-c2csc(C3(N)CCCCC3)n2)cc1C. The van der Waals surface area contributed by atoms with Crippen molar-refractivity contribution >= 4 is 11.3 Å². The molecular formula is C17H22N2S. The van der Waals surface area contributed by atoms with Gasteiger partial charge in [-0.05, 0) is 43.9 Å². The van der Waals surface area contributed by atoms with Crippen LogP contribution in [-0.4, -0.2) is 4.98 Å². The van der Waals surface area contributed by atoms with E-state index in [0.717, 1.165) is 23.5 Å². The predicted octanol–water partition coefficient (Wildman–Crippen LogP) is 4.55. The van der Waals surface area contributed by atoms with Crippen LogP contribution in [0.2, 0.25) is 0 Å². The Balaban J connectivity index is 1.91. The zero-order valence-corrected chi connectivity index (χ0v) is 13.1. The Morgan fingerprint density at radius 1 is 1.10 bits per heavy atom. The zero-order chi connectivity index (χ0) is 14.2. The minimum atomic E-state index is -0.180. The molecule has 0 amide bonds. The van der Waals surface area contributed by atoms with Gasteiger partial charge in [0.2, 0.25) is 0 Å². The summed E-state index contributed by atoms with van der Waals surface area (Å²) in [7, 11) is 0. The fourth-order valence-electron chi connectivity index (χ4n) is 2.93. The van der Waals surface area contributed by atoms with Gasteiger partial charge < -0.3 is 5.73 Å². The predicted molar refractivity (Wildman–Crippen MR) is 86.0 cm³/mol. The zero-order valence-electron chi connectivity index (χ0n) is 12.3. The number of thiazole rings is 1. The average molecular weight is 286 g/mol. The van der Waals surface area contributed by atoms with E-state index in [4.69, 9.17) is 10.7 Å². The lowest BCUT2D eigenvalue weighted by Gasteiger charge is -2.31. The van der Waals surface area contributed by atoms with Gasteiger partial charge >= 0.3 is 0 Å². The number of aryl methyl sites for hydroxylation is 2. The number of hydrogen-bond donors (Lipinski definition) is 1. The molecule has 20 heavy (non-hydrogen) atoms. The Bertz CT molecular complexity index is 609. The van der Waals surface area contributed by atoms with Gasteiger partial charge in [0.25, 0.3) is 0 Å². The molecule has 3 rings (SSSR count). The monoisotopic (exact) mass is 286 g/mol. The molecule has 0 atom stereocenters. The van der Waals surface area contributed by atoms with Gasteiger partial charge in [0.05, 0.1) is 11.2 Å². The fourth-order valence-corrected chi connectivity index (χ4v) is 3.93. The number of nitrogens with two attached hydrogens (primary N) is 1. The number of hydrogen-bond acceptors (Lipinski definition) is 3. The Morgan fingerprint density at radius 2 is 1.85 bits per heavy atom. The second-order valence-electron chi connectivity index (χ2n) is 6.05. The molecule has 0 aliphatic heterocycles.